The summed E-state index contributed by atoms with van der Waals surface area (Å²) < 4.78 is 25.4. The number of aliphatic hydroxyl groups excluding tert-OH is 17. The molecule has 3 saturated heterocycles. The molecule has 0 spiro atoms. The van der Waals surface area contributed by atoms with E-state index in [-0.39, 0.29) is 0 Å². The molecule has 0 saturated carbocycles. The van der Waals surface area contributed by atoms with Crippen molar-refractivity contribution in [2.45, 2.75) is 117 Å². The lowest BCUT2D eigenvalue weighted by molar-refractivity contribution is -0.355. The SMILES string of the molecule is OC[C@@H](O)[C@@H](O[C@H]1O[C@H](CO)[C@@H](O)[C@H](O)[C@H]1O)[C@H](O)[C@@H](O)CO.OC[C@H]1O[C@H](O[C@H]2[C@H](O)[C@@H](O)[C@H](O)O[C@@H]2CO)[C@H](O)[C@@H](O)[C@@H]1O. The number of ether oxygens (including phenoxy) is 5. The van der Waals surface area contributed by atoms with Gasteiger partial charge in [0.2, 0.25) is 0 Å². The van der Waals surface area contributed by atoms with E-state index < -0.39 is 150 Å². The van der Waals surface area contributed by atoms with Gasteiger partial charge in [-0.05, 0) is 0 Å². The van der Waals surface area contributed by atoms with Gasteiger partial charge in [-0.2, -0.15) is 0 Å². The minimum atomic E-state index is -1.85. The van der Waals surface area contributed by atoms with Gasteiger partial charge in [-0.25, -0.2) is 0 Å². The zero-order valence-corrected chi connectivity index (χ0v) is 24.1. The number of hydrogen-bond acceptors (Lipinski definition) is 22. The molecule has 3 heterocycles. The molecular weight excluding hydrogens is 640 g/mol. The highest BCUT2D eigenvalue weighted by Crippen LogP contribution is 2.29. The summed E-state index contributed by atoms with van der Waals surface area (Å²) in [6, 6.07) is 0. The molecule has 0 aromatic heterocycles. The summed E-state index contributed by atoms with van der Waals surface area (Å²) in [5.41, 5.74) is 0. The van der Waals surface area contributed by atoms with Crippen LogP contribution in [0, 0.1) is 0 Å². The molecule has 0 bridgehead atoms. The third kappa shape index (κ3) is 9.63. The summed E-state index contributed by atoms with van der Waals surface area (Å²) in [6.07, 6.45) is -30.6. The number of rotatable bonds is 12. The van der Waals surface area contributed by atoms with Crippen LogP contribution in [-0.4, -0.2) is 236 Å². The fraction of sp³-hybridized carbons (Fsp3) is 1.00. The first-order valence-electron chi connectivity index (χ1n) is 14.1. The van der Waals surface area contributed by atoms with Gasteiger partial charge in [0.25, 0.3) is 0 Å². The zero-order valence-electron chi connectivity index (χ0n) is 24.1. The van der Waals surface area contributed by atoms with Crippen molar-refractivity contribution >= 4 is 0 Å². The quantitative estimate of drug-likeness (QED) is 0.0905. The lowest BCUT2D eigenvalue weighted by Crippen LogP contribution is -2.64. The van der Waals surface area contributed by atoms with Crippen molar-refractivity contribution in [2.24, 2.45) is 0 Å². The van der Waals surface area contributed by atoms with E-state index in [0.717, 1.165) is 0 Å². The van der Waals surface area contributed by atoms with Crippen molar-refractivity contribution < 1.29 is 110 Å². The van der Waals surface area contributed by atoms with Crippen LogP contribution in [0.4, 0.5) is 0 Å². The number of hydrogen-bond donors (Lipinski definition) is 17. The van der Waals surface area contributed by atoms with Gasteiger partial charge >= 0.3 is 0 Å². The van der Waals surface area contributed by atoms with Crippen molar-refractivity contribution in [3.63, 3.8) is 0 Å². The Bertz CT molecular complexity index is 812. The summed E-state index contributed by atoms with van der Waals surface area (Å²) >= 11 is 0. The third-order valence-corrected chi connectivity index (χ3v) is 7.60. The van der Waals surface area contributed by atoms with Crippen LogP contribution in [-0.2, 0) is 23.7 Å². The Balaban J connectivity index is 0.000000320. The first kappa shape index (κ1) is 41.3. The Hall–Kier alpha value is -0.880. The lowest BCUT2D eigenvalue weighted by atomic mass is 9.97. The van der Waals surface area contributed by atoms with Crippen LogP contribution in [0.5, 0.6) is 0 Å². The van der Waals surface area contributed by atoms with Crippen LogP contribution < -0.4 is 0 Å². The predicted molar refractivity (Wildman–Crippen MR) is 139 cm³/mol. The lowest BCUT2D eigenvalue weighted by Gasteiger charge is -2.45. The van der Waals surface area contributed by atoms with Crippen LogP contribution in [0.15, 0.2) is 0 Å². The average molecular weight is 687 g/mol. The molecule has 274 valence electrons. The van der Waals surface area contributed by atoms with Crippen molar-refractivity contribution in [1.29, 1.82) is 0 Å². The fourth-order valence-corrected chi connectivity index (χ4v) is 4.73. The molecule has 0 aliphatic carbocycles. The maximum Gasteiger partial charge on any atom is 0.187 e. The van der Waals surface area contributed by atoms with Gasteiger partial charge in [-0.1, -0.05) is 0 Å². The second-order valence-electron chi connectivity index (χ2n) is 10.8. The molecular formula is C24H46O22. The van der Waals surface area contributed by atoms with Gasteiger partial charge in [-0.3, -0.25) is 0 Å². The van der Waals surface area contributed by atoms with Crippen LogP contribution in [0.3, 0.4) is 0 Å². The molecule has 0 aromatic rings. The molecule has 0 radical (unpaired) electrons. The summed E-state index contributed by atoms with van der Waals surface area (Å²) in [4.78, 5) is 0. The van der Waals surface area contributed by atoms with Crippen molar-refractivity contribution in [3.05, 3.63) is 0 Å². The van der Waals surface area contributed by atoms with Crippen LogP contribution in [0.1, 0.15) is 0 Å². The van der Waals surface area contributed by atoms with Gasteiger partial charge in [0, 0.05) is 0 Å². The standard InChI is InChI=1S/C12H22O11.C12H24O11/c13-1-3-5(15)6(16)9(19)12(22-3)23-10-4(2-14)21-11(20)8(18)7(10)17;13-1-4(16)7(18)11(5(17)2-14)23-12-10(21)9(20)8(19)6(3-15)22-12/h3-20H,1-2H2;4-21H,1-3H2/t3-,4-,5-,6+,7-,8-,9-,10-,11-,12-;4-,5+,6+,7+,8+,9-,10+,11+,12+/m10/s1. The maximum absolute atomic E-state index is 9.94. The molecule has 17 N–H and O–H groups in total. The first-order valence-corrected chi connectivity index (χ1v) is 14.1. The molecule has 46 heavy (non-hydrogen) atoms. The molecule has 3 aliphatic rings. The monoisotopic (exact) mass is 686 g/mol. The highest BCUT2D eigenvalue weighted by molar-refractivity contribution is 4.94. The van der Waals surface area contributed by atoms with E-state index in [4.69, 9.17) is 44.1 Å². The van der Waals surface area contributed by atoms with Gasteiger partial charge < -0.3 is 110 Å². The Morgan fingerprint density at radius 3 is 1.39 bits per heavy atom. The summed E-state index contributed by atoms with van der Waals surface area (Å²) in [5.74, 6) is 0. The minimum Gasteiger partial charge on any atom is -0.394 e. The van der Waals surface area contributed by atoms with E-state index in [1.54, 1.807) is 0 Å². The molecule has 0 unspecified atom stereocenters. The van der Waals surface area contributed by atoms with E-state index >= 15 is 0 Å². The molecule has 22 nitrogen and oxygen atoms in total. The molecule has 3 rings (SSSR count). The van der Waals surface area contributed by atoms with Gasteiger partial charge in [0.1, 0.15) is 97.7 Å². The van der Waals surface area contributed by atoms with E-state index in [1.165, 1.54) is 0 Å². The molecule has 19 atom stereocenters. The highest BCUT2D eigenvalue weighted by atomic mass is 16.7. The normalized spacial score (nSPS) is 44.4. The molecule has 3 fully saturated rings. The molecule has 0 amide bonds. The first-order chi connectivity index (χ1) is 21.6. The topological polar surface area (TPSA) is 390 Å². The summed E-state index contributed by atoms with van der Waals surface area (Å²) in [6.45, 7) is -3.80. The van der Waals surface area contributed by atoms with Crippen LogP contribution >= 0.6 is 0 Å². The smallest absolute Gasteiger partial charge is 0.187 e. The van der Waals surface area contributed by atoms with Crippen molar-refractivity contribution in [3.8, 4) is 0 Å². The average Bonchev–Trinajstić information content (AvgIpc) is 3.06. The van der Waals surface area contributed by atoms with Crippen molar-refractivity contribution in [2.75, 3.05) is 33.0 Å². The summed E-state index contributed by atoms with van der Waals surface area (Å²) in [7, 11) is 0. The maximum atomic E-state index is 9.94. The Labute approximate surface area is 260 Å². The zero-order chi connectivity index (χ0) is 35.0. The number of aliphatic hydroxyl groups is 17. The van der Waals surface area contributed by atoms with Crippen LogP contribution in [0.2, 0.25) is 0 Å². The Kier molecular flexibility index (Phi) is 16.8. The molecule has 3 aliphatic heterocycles. The van der Waals surface area contributed by atoms with Gasteiger partial charge in [0.05, 0.1) is 33.0 Å². The highest BCUT2D eigenvalue weighted by Gasteiger charge is 2.50. The predicted octanol–water partition coefficient (Wildman–Crippen LogP) is -11.2. The minimum absolute atomic E-state index is 0.667. The van der Waals surface area contributed by atoms with E-state index in [0.29, 0.717) is 0 Å². The fourth-order valence-electron chi connectivity index (χ4n) is 4.73. The third-order valence-electron chi connectivity index (χ3n) is 7.60. The van der Waals surface area contributed by atoms with E-state index in [1.807, 2.05) is 0 Å². The van der Waals surface area contributed by atoms with Gasteiger partial charge in [-0.15, -0.1) is 0 Å². The van der Waals surface area contributed by atoms with Crippen LogP contribution in [0.25, 0.3) is 0 Å². The Morgan fingerprint density at radius 1 is 0.478 bits per heavy atom. The van der Waals surface area contributed by atoms with Crippen molar-refractivity contribution in [1.82, 2.24) is 0 Å². The molecule has 22 heteroatoms. The Morgan fingerprint density at radius 2 is 0.935 bits per heavy atom. The second kappa shape index (κ2) is 18.8. The largest absolute Gasteiger partial charge is 0.394 e. The summed E-state index contributed by atoms with van der Waals surface area (Å²) in [5, 5.41) is 161. The molecule has 0 aromatic carbocycles. The second-order valence-corrected chi connectivity index (χ2v) is 10.8. The van der Waals surface area contributed by atoms with Gasteiger partial charge in [0.15, 0.2) is 18.9 Å². The van der Waals surface area contributed by atoms with E-state index in [2.05, 4.69) is 0 Å². The van der Waals surface area contributed by atoms with E-state index in [9.17, 15) is 66.4 Å².